The van der Waals surface area contributed by atoms with Gasteiger partial charge in [0.1, 0.15) is 0 Å². The Balaban J connectivity index is 3.36. The van der Waals surface area contributed by atoms with Crippen LogP contribution in [0.4, 0.5) is 8.78 Å². The summed E-state index contributed by atoms with van der Waals surface area (Å²) in [6, 6.07) is 1.08. The smallest absolute Gasteiger partial charge is 0.264 e. The molecule has 0 aliphatic rings. The van der Waals surface area contributed by atoms with E-state index in [4.69, 9.17) is 5.73 Å². The number of nitrogens with one attached hydrogen (secondary N) is 1. The fourth-order valence-electron chi connectivity index (χ4n) is 1.10. The third-order valence-corrected chi connectivity index (χ3v) is 1.81. The van der Waals surface area contributed by atoms with Crippen molar-refractivity contribution in [2.24, 2.45) is 5.73 Å². The summed E-state index contributed by atoms with van der Waals surface area (Å²) in [4.78, 5) is 13.5. The van der Waals surface area contributed by atoms with Gasteiger partial charge in [-0.25, -0.2) is 8.78 Å². The van der Waals surface area contributed by atoms with E-state index < -0.39 is 12.0 Å². The molecular formula is C8H10F2N2O2. The van der Waals surface area contributed by atoms with Gasteiger partial charge in [-0.1, -0.05) is 0 Å². The highest BCUT2D eigenvalue weighted by Gasteiger charge is 2.16. The molecule has 0 saturated carbocycles. The number of H-pyrrole nitrogens is 1. The Hall–Kier alpha value is -1.43. The lowest BCUT2D eigenvalue weighted by Gasteiger charge is -2.07. The van der Waals surface area contributed by atoms with Crippen LogP contribution in [0.2, 0.25) is 0 Å². The monoisotopic (exact) mass is 204 g/mol. The second-order valence-corrected chi connectivity index (χ2v) is 2.61. The van der Waals surface area contributed by atoms with Crippen molar-refractivity contribution < 1.29 is 13.5 Å². The summed E-state index contributed by atoms with van der Waals surface area (Å²) in [7, 11) is 1.28. The normalized spacial score (nSPS) is 10.6. The van der Waals surface area contributed by atoms with Gasteiger partial charge in [0.2, 0.25) is 0 Å². The molecule has 4 nitrogen and oxygen atoms in total. The van der Waals surface area contributed by atoms with Crippen LogP contribution in [0, 0.1) is 0 Å². The number of aromatic amines is 1. The maximum Gasteiger partial charge on any atom is 0.264 e. The Kier molecular flexibility index (Phi) is 3.19. The van der Waals surface area contributed by atoms with E-state index >= 15 is 0 Å². The molecule has 1 aromatic rings. The maximum atomic E-state index is 12.4. The third-order valence-electron chi connectivity index (χ3n) is 1.81. The van der Waals surface area contributed by atoms with Crippen molar-refractivity contribution >= 4 is 0 Å². The molecule has 0 fully saturated rings. The predicted molar refractivity (Wildman–Crippen MR) is 46.5 cm³/mol. The van der Waals surface area contributed by atoms with Crippen LogP contribution in [0.25, 0.3) is 0 Å². The van der Waals surface area contributed by atoms with Crippen LogP contribution < -0.4 is 16.0 Å². The second-order valence-electron chi connectivity index (χ2n) is 2.61. The highest BCUT2D eigenvalue weighted by molar-refractivity contribution is 5.30. The van der Waals surface area contributed by atoms with Gasteiger partial charge in [0.25, 0.3) is 12.0 Å². The van der Waals surface area contributed by atoms with Crippen LogP contribution in [0.1, 0.15) is 17.6 Å². The quantitative estimate of drug-likeness (QED) is 0.764. The Morgan fingerprint density at radius 3 is 2.71 bits per heavy atom. The van der Waals surface area contributed by atoms with Gasteiger partial charge in [0, 0.05) is 23.7 Å². The molecule has 0 bridgehead atoms. The predicted octanol–water partition coefficient (Wildman–Crippen LogP) is 0.780. The van der Waals surface area contributed by atoms with Crippen LogP contribution in [0.15, 0.2) is 10.9 Å². The van der Waals surface area contributed by atoms with Crippen LogP contribution in [0.5, 0.6) is 5.88 Å². The van der Waals surface area contributed by atoms with E-state index in [1.165, 1.54) is 7.11 Å². The van der Waals surface area contributed by atoms with Crippen molar-refractivity contribution in [2.45, 2.75) is 13.0 Å². The fourth-order valence-corrected chi connectivity index (χ4v) is 1.10. The molecular weight excluding hydrogens is 194 g/mol. The number of alkyl halides is 2. The van der Waals surface area contributed by atoms with Gasteiger partial charge in [-0.2, -0.15) is 0 Å². The SMILES string of the molecule is COc1cc(C(F)F)c(CN)c(=O)[nH]1. The molecule has 6 heteroatoms. The standard InChI is InChI=1S/C8H10F2N2O2/c1-14-6-2-4(7(9)10)5(3-11)8(13)12-6/h2,7H,3,11H2,1H3,(H,12,13). The molecule has 3 N–H and O–H groups in total. The lowest BCUT2D eigenvalue weighted by molar-refractivity contribution is 0.149. The largest absolute Gasteiger partial charge is 0.482 e. The number of methoxy groups -OCH3 is 1. The van der Waals surface area contributed by atoms with Crippen molar-refractivity contribution in [1.29, 1.82) is 0 Å². The van der Waals surface area contributed by atoms with Gasteiger partial charge in [-0.05, 0) is 0 Å². The highest BCUT2D eigenvalue weighted by atomic mass is 19.3. The molecule has 0 amide bonds. The molecule has 0 aromatic carbocycles. The lowest BCUT2D eigenvalue weighted by Crippen LogP contribution is -2.19. The molecule has 1 rings (SSSR count). The number of halogens is 2. The minimum absolute atomic E-state index is 0.00231. The maximum absolute atomic E-state index is 12.4. The summed E-state index contributed by atoms with van der Waals surface area (Å²) in [5.74, 6) is 0.00231. The van der Waals surface area contributed by atoms with E-state index in [9.17, 15) is 13.6 Å². The first kappa shape index (κ1) is 10.6. The van der Waals surface area contributed by atoms with Crippen molar-refractivity contribution in [3.05, 3.63) is 27.5 Å². The van der Waals surface area contributed by atoms with E-state index in [-0.39, 0.29) is 23.6 Å². The van der Waals surface area contributed by atoms with Crippen LogP contribution in [-0.2, 0) is 6.54 Å². The van der Waals surface area contributed by atoms with Gasteiger partial charge in [0.15, 0.2) is 5.88 Å². The molecule has 0 aliphatic heterocycles. The first-order valence-electron chi connectivity index (χ1n) is 3.88. The molecule has 0 spiro atoms. The number of rotatable bonds is 3. The van der Waals surface area contributed by atoms with Gasteiger partial charge < -0.3 is 10.5 Å². The van der Waals surface area contributed by atoms with E-state index in [1.54, 1.807) is 0 Å². The van der Waals surface area contributed by atoms with Crippen molar-refractivity contribution in [3.8, 4) is 5.88 Å². The van der Waals surface area contributed by atoms with Gasteiger partial charge >= 0.3 is 0 Å². The summed E-state index contributed by atoms with van der Waals surface area (Å²) in [5.41, 5.74) is 4.06. The molecule has 0 atom stereocenters. The minimum atomic E-state index is -2.73. The fraction of sp³-hybridized carbons (Fsp3) is 0.375. The summed E-state index contributed by atoms with van der Waals surface area (Å²) < 4.78 is 29.5. The molecule has 0 radical (unpaired) electrons. The number of hydrogen-bond acceptors (Lipinski definition) is 3. The first-order valence-corrected chi connectivity index (χ1v) is 3.88. The van der Waals surface area contributed by atoms with Crippen molar-refractivity contribution in [3.63, 3.8) is 0 Å². The average molecular weight is 204 g/mol. The zero-order valence-corrected chi connectivity index (χ0v) is 7.51. The molecule has 14 heavy (non-hydrogen) atoms. The van der Waals surface area contributed by atoms with E-state index in [0.29, 0.717) is 0 Å². The molecule has 78 valence electrons. The Bertz CT molecular complexity index is 376. The zero-order chi connectivity index (χ0) is 10.7. The Morgan fingerprint density at radius 1 is 1.64 bits per heavy atom. The highest BCUT2D eigenvalue weighted by Crippen LogP contribution is 2.22. The Labute approximate surface area is 78.7 Å². The van der Waals surface area contributed by atoms with Gasteiger partial charge in [-0.15, -0.1) is 0 Å². The summed E-state index contributed by atoms with van der Waals surface area (Å²) >= 11 is 0. The number of ether oxygens (including phenoxy) is 1. The van der Waals surface area contributed by atoms with Gasteiger partial charge in [0.05, 0.1) is 7.11 Å². The second kappa shape index (κ2) is 4.19. The molecule has 1 heterocycles. The van der Waals surface area contributed by atoms with Crippen LogP contribution in [0.3, 0.4) is 0 Å². The lowest BCUT2D eigenvalue weighted by atomic mass is 10.1. The summed E-state index contributed by atoms with van der Waals surface area (Å²) in [6.07, 6.45) is -2.73. The van der Waals surface area contributed by atoms with E-state index in [2.05, 4.69) is 9.72 Å². The van der Waals surface area contributed by atoms with E-state index in [0.717, 1.165) is 6.07 Å². The van der Waals surface area contributed by atoms with Crippen molar-refractivity contribution in [2.75, 3.05) is 7.11 Å². The molecule has 1 aromatic heterocycles. The molecule has 0 aliphatic carbocycles. The topological polar surface area (TPSA) is 68.1 Å². The molecule has 0 unspecified atom stereocenters. The third kappa shape index (κ3) is 1.90. The number of aromatic nitrogens is 1. The minimum Gasteiger partial charge on any atom is -0.482 e. The van der Waals surface area contributed by atoms with Crippen LogP contribution in [-0.4, -0.2) is 12.1 Å². The zero-order valence-electron chi connectivity index (χ0n) is 7.51. The Morgan fingerprint density at radius 2 is 2.29 bits per heavy atom. The summed E-state index contributed by atoms with van der Waals surface area (Å²) in [6.45, 7) is -0.223. The van der Waals surface area contributed by atoms with Gasteiger partial charge in [-0.3, -0.25) is 9.78 Å². The first-order chi connectivity index (χ1) is 6.60. The molecule has 0 saturated heterocycles. The van der Waals surface area contributed by atoms with Crippen molar-refractivity contribution in [1.82, 2.24) is 4.98 Å². The number of hydrogen-bond donors (Lipinski definition) is 2. The number of nitrogens with two attached hydrogens (primary N) is 1. The number of pyridine rings is 1. The van der Waals surface area contributed by atoms with E-state index in [1.807, 2.05) is 0 Å². The summed E-state index contributed by atoms with van der Waals surface area (Å²) in [5, 5.41) is 0. The van der Waals surface area contributed by atoms with Crippen LogP contribution >= 0.6 is 0 Å². The average Bonchev–Trinajstić information content (AvgIpc) is 2.16.